The number of Topliss-reactive ketones (excluding diaryl/α,β-unsaturated/α-hetero) is 1. The Labute approximate surface area is 124 Å². The Bertz CT molecular complexity index is 709. The van der Waals surface area contributed by atoms with E-state index in [0.717, 1.165) is 0 Å². The monoisotopic (exact) mass is 280 g/mol. The van der Waals surface area contributed by atoms with Gasteiger partial charge in [0.15, 0.2) is 5.78 Å². The molecule has 106 valence electrons. The average Bonchev–Trinajstić information content (AvgIpc) is 2.46. The highest BCUT2D eigenvalue weighted by molar-refractivity contribution is 5.99. The maximum atomic E-state index is 12.3. The lowest BCUT2D eigenvalue weighted by atomic mass is 9.87. The summed E-state index contributed by atoms with van der Waals surface area (Å²) in [7, 11) is 0. The molecule has 4 heteroatoms. The second-order valence-corrected chi connectivity index (χ2v) is 5.67. The van der Waals surface area contributed by atoms with Crippen LogP contribution in [0, 0.1) is 16.7 Å². The van der Waals surface area contributed by atoms with E-state index in [1.165, 1.54) is 6.20 Å². The molecule has 0 unspecified atom stereocenters. The second kappa shape index (κ2) is 5.76. The number of carbonyl (C=O) groups is 1. The van der Waals surface area contributed by atoms with Crippen molar-refractivity contribution < 1.29 is 9.53 Å². The van der Waals surface area contributed by atoms with Gasteiger partial charge in [0.2, 0.25) is 5.88 Å². The van der Waals surface area contributed by atoms with E-state index in [4.69, 9.17) is 10.00 Å². The number of ether oxygens (including phenoxy) is 1. The Morgan fingerprint density at radius 3 is 2.62 bits per heavy atom. The molecule has 0 amide bonds. The number of ketones is 1. The smallest absolute Gasteiger partial charge is 0.219 e. The minimum absolute atomic E-state index is 0.0170. The number of rotatable bonds is 3. The van der Waals surface area contributed by atoms with Gasteiger partial charge in [-0.1, -0.05) is 32.9 Å². The van der Waals surface area contributed by atoms with E-state index in [0.29, 0.717) is 22.8 Å². The highest BCUT2D eigenvalue weighted by atomic mass is 16.5. The van der Waals surface area contributed by atoms with Gasteiger partial charge in [-0.05, 0) is 18.2 Å². The summed E-state index contributed by atoms with van der Waals surface area (Å²) in [6, 6.07) is 12.2. The molecule has 2 rings (SSSR count). The van der Waals surface area contributed by atoms with Crippen LogP contribution in [-0.4, -0.2) is 10.8 Å². The summed E-state index contributed by atoms with van der Waals surface area (Å²) < 4.78 is 5.62. The summed E-state index contributed by atoms with van der Waals surface area (Å²) in [6.07, 6.45) is 1.53. The summed E-state index contributed by atoms with van der Waals surface area (Å²) in [5.41, 5.74) is 0.497. The van der Waals surface area contributed by atoms with Gasteiger partial charge in [-0.3, -0.25) is 4.79 Å². The van der Waals surface area contributed by atoms with Crippen molar-refractivity contribution in [1.29, 1.82) is 5.26 Å². The van der Waals surface area contributed by atoms with Gasteiger partial charge in [0.1, 0.15) is 11.8 Å². The number of para-hydroxylation sites is 1. The van der Waals surface area contributed by atoms with E-state index in [1.807, 2.05) is 20.8 Å². The van der Waals surface area contributed by atoms with Crippen LogP contribution in [0.4, 0.5) is 0 Å². The van der Waals surface area contributed by atoms with Crippen molar-refractivity contribution in [2.45, 2.75) is 20.8 Å². The van der Waals surface area contributed by atoms with Crippen molar-refractivity contribution in [2.75, 3.05) is 0 Å². The summed E-state index contributed by atoms with van der Waals surface area (Å²) in [5.74, 6) is 0.740. The Morgan fingerprint density at radius 1 is 1.24 bits per heavy atom. The van der Waals surface area contributed by atoms with Crippen molar-refractivity contribution in [1.82, 2.24) is 4.98 Å². The molecular formula is C17H16N2O2. The summed E-state index contributed by atoms with van der Waals surface area (Å²) in [6.45, 7) is 5.59. The number of nitriles is 1. The second-order valence-electron chi connectivity index (χ2n) is 5.67. The minimum Gasteiger partial charge on any atom is -0.438 e. The Hall–Kier alpha value is -2.67. The molecule has 0 fully saturated rings. The minimum atomic E-state index is -0.469. The lowest BCUT2D eigenvalue weighted by Crippen LogP contribution is -2.20. The topological polar surface area (TPSA) is 63.0 Å². The molecule has 0 spiro atoms. The summed E-state index contributed by atoms with van der Waals surface area (Å²) >= 11 is 0. The van der Waals surface area contributed by atoms with Crippen LogP contribution in [0.5, 0.6) is 11.6 Å². The number of hydrogen-bond acceptors (Lipinski definition) is 4. The number of benzene rings is 1. The van der Waals surface area contributed by atoms with E-state index >= 15 is 0 Å². The molecule has 0 saturated carbocycles. The van der Waals surface area contributed by atoms with Crippen molar-refractivity contribution in [2.24, 2.45) is 5.41 Å². The predicted molar refractivity (Wildman–Crippen MR) is 79.3 cm³/mol. The molecular weight excluding hydrogens is 264 g/mol. The maximum absolute atomic E-state index is 12.3. The van der Waals surface area contributed by atoms with Crippen molar-refractivity contribution >= 4 is 5.78 Å². The fraction of sp³-hybridized carbons (Fsp3) is 0.235. The van der Waals surface area contributed by atoms with Gasteiger partial charge in [0.05, 0.1) is 5.56 Å². The van der Waals surface area contributed by atoms with Gasteiger partial charge < -0.3 is 4.74 Å². The molecule has 0 aliphatic heterocycles. The normalized spacial score (nSPS) is 10.8. The largest absolute Gasteiger partial charge is 0.438 e. The van der Waals surface area contributed by atoms with Gasteiger partial charge >= 0.3 is 0 Å². The van der Waals surface area contributed by atoms with Crippen LogP contribution in [0.15, 0.2) is 42.6 Å². The quantitative estimate of drug-likeness (QED) is 0.798. The lowest BCUT2D eigenvalue weighted by molar-refractivity contribution is 0.0858. The molecule has 1 aromatic heterocycles. The Morgan fingerprint density at radius 2 is 1.95 bits per heavy atom. The fourth-order valence-corrected chi connectivity index (χ4v) is 1.80. The SMILES string of the molecule is CC(C)(C)C(=O)c1ccnc(Oc2ccccc2C#N)c1. The van der Waals surface area contributed by atoms with Crippen LogP contribution in [0.2, 0.25) is 0 Å². The molecule has 21 heavy (non-hydrogen) atoms. The molecule has 1 heterocycles. The predicted octanol–water partition coefficient (Wildman–Crippen LogP) is 3.97. The zero-order chi connectivity index (χ0) is 15.5. The first kappa shape index (κ1) is 14.7. The van der Waals surface area contributed by atoms with Crippen LogP contribution in [0.3, 0.4) is 0 Å². The van der Waals surface area contributed by atoms with Gasteiger partial charge in [-0.2, -0.15) is 5.26 Å². The molecule has 2 aromatic rings. The highest BCUT2D eigenvalue weighted by Crippen LogP contribution is 2.26. The van der Waals surface area contributed by atoms with Gasteiger partial charge in [0, 0.05) is 23.2 Å². The van der Waals surface area contributed by atoms with Gasteiger partial charge in [0.25, 0.3) is 0 Å². The molecule has 0 N–H and O–H groups in total. The van der Waals surface area contributed by atoms with Crippen molar-refractivity contribution in [3.63, 3.8) is 0 Å². The first-order valence-corrected chi connectivity index (χ1v) is 6.59. The number of pyridine rings is 1. The summed E-state index contributed by atoms with van der Waals surface area (Å²) in [4.78, 5) is 16.3. The zero-order valence-corrected chi connectivity index (χ0v) is 12.3. The molecule has 1 aromatic carbocycles. The van der Waals surface area contributed by atoms with Crippen LogP contribution in [-0.2, 0) is 0 Å². The number of aromatic nitrogens is 1. The molecule has 4 nitrogen and oxygen atoms in total. The Balaban J connectivity index is 2.31. The Kier molecular flexibility index (Phi) is 4.04. The molecule has 0 aliphatic rings. The van der Waals surface area contributed by atoms with E-state index in [1.54, 1.807) is 36.4 Å². The molecule has 0 atom stereocenters. The van der Waals surface area contributed by atoms with E-state index in [9.17, 15) is 4.79 Å². The first-order valence-electron chi connectivity index (χ1n) is 6.59. The maximum Gasteiger partial charge on any atom is 0.219 e. The van der Waals surface area contributed by atoms with Crippen LogP contribution in [0.1, 0.15) is 36.7 Å². The zero-order valence-electron chi connectivity index (χ0n) is 12.3. The molecule has 0 bridgehead atoms. The number of nitrogens with zero attached hydrogens (tertiary/aromatic N) is 2. The van der Waals surface area contributed by atoms with E-state index < -0.39 is 5.41 Å². The van der Waals surface area contributed by atoms with Crippen LogP contribution < -0.4 is 4.74 Å². The van der Waals surface area contributed by atoms with Crippen LogP contribution >= 0.6 is 0 Å². The highest BCUT2D eigenvalue weighted by Gasteiger charge is 2.23. The van der Waals surface area contributed by atoms with Crippen LogP contribution in [0.25, 0.3) is 0 Å². The number of hydrogen-bond donors (Lipinski definition) is 0. The van der Waals surface area contributed by atoms with E-state index in [2.05, 4.69) is 11.1 Å². The third kappa shape index (κ3) is 3.46. The van der Waals surface area contributed by atoms with Crippen molar-refractivity contribution in [3.8, 4) is 17.7 Å². The molecule has 0 aliphatic carbocycles. The summed E-state index contributed by atoms with van der Waals surface area (Å²) in [5, 5.41) is 9.04. The lowest BCUT2D eigenvalue weighted by Gasteiger charge is -2.16. The third-order valence-corrected chi connectivity index (χ3v) is 2.90. The standard InChI is InChI=1S/C17H16N2O2/c1-17(2,3)16(20)12-8-9-19-15(10-12)21-14-7-5-4-6-13(14)11-18/h4-10H,1-3H3. The van der Waals surface area contributed by atoms with E-state index in [-0.39, 0.29) is 5.78 Å². The molecule has 0 saturated heterocycles. The van der Waals surface area contributed by atoms with Crippen molar-refractivity contribution in [3.05, 3.63) is 53.7 Å². The van der Waals surface area contributed by atoms with Gasteiger partial charge in [-0.15, -0.1) is 0 Å². The molecule has 0 radical (unpaired) electrons. The average molecular weight is 280 g/mol. The third-order valence-electron chi connectivity index (χ3n) is 2.90. The fourth-order valence-electron chi connectivity index (χ4n) is 1.80. The first-order chi connectivity index (χ1) is 9.91. The van der Waals surface area contributed by atoms with Gasteiger partial charge in [-0.25, -0.2) is 4.98 Å². The number of carbonyl (C=O) groups excluding carboxylic acids is 1.